The number of hydrogen-bond donors (Lipinski definition) is 1. The minimum absolute atomic E-state index is 0.0987. The molecule has 0 aromatic carbocycles. The third-order valence-electron chi connectivity index (χ3n) is 2.58. The van der Waals surface area contributed by atoms with Crippen molar-refractivity contribution < 1.29 is 22.4 Å². The molecule has 5 nitrogen and oxygen atoms in total. The molecule has 1 fully saturated rings. The van der Waals surface area contributed by atoms with Gasteiger partial charge in [0.15, 0.2) is 5.82 Å². The highest BCUT2D eigenvalue weighted by Crippen LogP contribution is 2.28. The predicted octanol–water partition coefficient (Wildman–Crippen LogP) is 1.66. The second kappa shape index (κ2) is 4.61. The summed E-state index contributed by atoms with van der Waals surface area (Å²) in [6.45, 7) is 0.0987. The van der Waals surface area contributed by atoms with Gasteiger partial charge in [-0.3, -0.25) is 0 Å². The van der Waals surface area contributed by atoms with Crippen molar-refractivity contribution in [1.82, 2.24) is 10.1 Å². The average molecular weight is 251 g/mol. The summed E-state index contributed by atoms with van der Waals surface area (Å²) in [5.41, 5.74) is 5.60. The summed E-state index contributed by atoms with van der Waals surface area (Å²) >= 11 is 0. The Morgan fingerprint density at radius 1 is 1.47 bits per heavy atom. The van der Waals surface area contributed by atoms with Crippen molar-refractivity contribution >= 4 is 0 Å². The SMILES string of the molecule is NC(COC1CCC1)c1noc(C(F)(F)F)n1. The maximum atomic E-state index is 12.2. The Morgan fingerprint density at radius 2 is 2.18 bits per heavy atom. The van der Waals surface area contributed by atoms with Crippen LogP contribution in [0.15, 0.2) is 4.52 Å². The Morgan fingerprint density at radius 3 is 2.65 bits per heavy atom. The van der Waals surface area contributed by atoms with E-state index in [1.807, 2.05) is 0 Å². The van der Waals surface area contributed by atoms with E-state index in [0.717, 1.165) is 19.3 Å². The molecule has 17 heavy (non-hydrogen) atoms. The summed E-state index contributed by atoms with van der Waals surface area (Å²) in [5, 5.41) is 3.19. The van der Waals surface area contributed by atoms with Crippen molar-refractivity contribution in [1.29, 1.82) is 0 Å². The minimum Gasteiger partial charge on any atom is -0.376 e. The zero-order valence-corrected chi connectivity index (χ0v) is 8.91. The minimum atomic E-state index is -4.64. The van der Waals surface area contributed by atoms with Gasteiger partial charge in [0.25, 0.3) is 0 Å². The van der Waals surface area contributed by atoms with Gasteiger partial charge in [0.05, 0.1) is 18.8 Å². The summed E-state index contributed by atoms with van der Waals surface area (Å²) in [6, 6.07) is -0.796. The summed E-state index contributed by atoms with van der Waals surface area (Å²) in [6.07, 6.45) is -1.44. The Hall–Kier alpha value is -1.15. The predicted molar refractivity (Wildman–Crippen MR) is 49.8 cm³/mol. The molecule has 1 aromatic heterocycles. The smallest absolute Gasteiger partial charge is 0.376 e. The molecule has 0 saturated heterocycles. The Bertz CT molecular complexity index is 376. The fraction of sp³-hybridized carbons (Fsp3) is 0.778. The number of nitrogens with zero attached hydrogens (tertiary/aromatic N) is 2. The second-order valence-corrected chi connectivity index (χ2v) is 3.95. The molecule has 1 saturated carbocycles. The van der Waals surface area contributed by atoms with Crippen molar-refractivity contribution in [2.24, 2.45) is 5.73 Å². The number of alkyl halides is 3. The molecule has 1 unspecified atom stereocenters. The van der Waals surface area contributed by atoms with Crippen molar-refractivity contribution in [3.05, 3.63) is 11.7 Å². The average Bonchev–Trinajstić information content (AvgIpc) is 2.62. The van der Waals surface area contributed by atoms with E-state index in [1.54, 1.807) is 0 Å². The van der Waals surface area contributed by atoms with Gasteiger partial charge in [-0.05, 0) is 19.3 Å². The van der Waals surface area contributed by atoms with Gasteiger partial charge >= 0.3 is 12.1 Å². The Labute approximate surface area is 95.1 Å². The number of halogens is 3. The maximum absolute atomic E-state index is 12.2. The van der Waals surface area contributed by atoms with Crippen LogP contribution in [0.2, 0.25) is 0 Å². The van der Waals surface area contributed by atoms with E-state index in [4.69, 9.17) is 10.5 Å². The molecule has 96 valence electrons. The van der Waals surface area contributed by atoms with E-state index in [9.17, 15) is 13.2 Å². The number of aromatic nitrogens is 2. The molecule has 1 aromatic rings. The Kier molecular flexibility index (Phi) is 3.34. The molecule has 2 rings (SSSR count). The number of hydrogen-bond acceptors (Lipinski definition) is 5. The maximum Gasteiger partial charge on any atom is 0.471 e. The van der Waals surface area contributed by atoms with Gasteiger partial charge in [-0.25, -0.2) is 0 Å². The van der Waals surface area contributed by atoms with Crippen LogP contribution in [-0.2, 0) is 10.9 Å². The second-order valence-electron chi connectivity index (χ2n) is 3.95. The van der Waals surface area contributed by atoms with E-state index >= 15 is 0 Å². The highest BCUT2D eigenvalue weighted by molar-refractivity contribution is 4.95. The molecule has 0 amide bonds. The molecule has 0 radical (unpaired) electrons. The van der Waals surface area contributed by atoms with Gasteiger partial charge in [0.1, 0.15) is 0 Å². The zero-order valence-electron chi connectivity index (χ0n) is 8.91. The quantitative estimate of drug-likeness (QED) is 0.880. The number of nitrogens with two attached hydrogens (primary N) is 1. The van der Waals surface area contributed by atoms with E-state index in [0.29, 0.717) is 0 Å². The first-order valence-corrected chi connectivity index (χ1v) is 5.25. The third-order valence-corrected chi connectivity index (χ3v) is 2.58. The molecule has 0 bridgehead atoms. The molecule has 2 N–H and O–H groups in total. The largest absolute Gasteiger partial charge is 0.471 e. The highest BCUT2D eigenvalue weighted by atomic mass is 19.4. The standard InChI is InChI=1S/C9H12F3N3O2/c10-9(11,12)8-14-7(15-17-8)6(13)4-16-5-2-1-3-5/h5-6H,1-4,13H2. The van der Waals surface area contributed by atoms with Crippen LogP contribution in [0.3, 0.4) is 0 Å². The van der Waals surface area contributed by atoms with E-state index in [2.05, 4.69) is 14.7 Å². The Balaban J connectivity index is 1.89. The highest BCUT2D eigenvalue weighted by Gasteiger charge is 2.39. The molecule has 0 spiro atoms. The molecule has 8 heteroatoms. The van der Waals surface area contributed by atoms with Crippen LogP contribution in [0.4, 0.5) is 13.2 Å². The van der Waals surface area contributed by atoms with Crippen LogP contribution in [0.1, 0.15) is 37.0 Å². The normalized spacial score (nSPS) is 19.1. The summed E-state index contributed by atoms with van der Waals surface area (Å²) in [5.74, 6) is -1.57. The van der Waals surface area contributed by atoms with E-state index in [-0.39, 0.29) is 18.5 Å². The molecule has 0 aliphatic heterocycles. The lowest BCUT2D eigenvalue weighted by Gasteiger charge is -2.26. The topological polar surface area (TPSA) is 74.2 Å². The van der Waals surface area contributed by atoms with Gasteiger partial charge in [0.2, 0.25) is 0 Å². The van der Waals surface area contributed by atoms with Crippen molar-refractivity contribution in [3.63, 3.8) is 0 Å². The fourth-order valence-electron chi connectivity index (χ4n) is 1.35. The van der Waals surface area contributed by atoms with E-state index in [1.165, 1.54) is 0 Å². The third kappa shape index (κ3) is 2.95. The molecular weight excluding hydrogens is 239 g/mol. The first-order valence-electron chi connectivity index (χ1n) is 5.25. The lowest BCUT2D eigenvalue weighted by molar-refractivity contribution is -0.159. The zero-order chi connectivity index (χ0) is 12.5. The van der Waals surface area contributed by atoms with Gasteiger partial charge in [-0.2, -0.15) is 18.2 Å². The van der Waals surface area contributed by atoms with Crippen LogP contribution in [0, 0.1) is 0 Å². The number of rotatable bonds is 4. The van der Waals surface area contributed by atoms with Crippen LogP contribution < -0.4 is 5.73 Å². The summed E-state index contributed by atoms with van der Waals surface area (Å²) in [7, 11) is 0. The monoisotopic (exact) mass is 251 g/mol. The van der Waals surface area contributed by atoms with Gasteiger partial charge in [0, 0.05) is 0 Å². The molecular formula is C9H12F3N3O2. The lowest BCUT2D eigenvalue weighted by Crippen LogP contribution is -2.27. The molecule has 1 atom stereocenters. The van der Waals surface area contributed by atoms with Crippen molar-refractivity contribution in [3.8, 4) is 0 Å². The summed E-state index contributed by atoms with van der Waals surface area (Å²) in [4.78, 5) is 3.20. The van der Waals surface area contributed by atoms with Crippen LogP contribution in [-0.4, -0.2) is 22.9 Å². The van der Waals surface area contributed by atoms with Crippen LogP contribution in [0.25, 0.3) is 0 Å². The molecule has 1 aliphatic rings. The lowest BCUT2D eigenvalue weighted by atomic mass is 9.96. The number of ether oxygens (including phenoxy) is 1. The van der Waals surface area contributed by atoms with Gasteiger partial charge in [-0.1, -0.05) is 5.16 Å². The van der Waals surface area contributed by atoms with Crippen molar-refractivity contribution in [2.45, 2.75) is 37.6 Å². The fourth-order valence-corrected chi connectivity index (χ4v) is 1.35. The van der Waals surface area contributed by atoms with E-state index < -0.39 is 18.1 Å². The van der Waals surface area contributed by atoms with Gasteiger partial charge in [-0.15, -0.1) is 0 Å². The van der Waals surface area contributed by atoms with Crippen LogP contribution >= 0.6 is 0 Å². The van der Waals surface area contributed by atoms with Crippen molar-refractivity contribution in [2.75, 3.05) is 6.61 Å². The first kappa shape index (κ1) is 12.3. The summed E-state index contributed by atoms with van der Waals surface area (Å²) < 4.78 is 46.0. The van der Waals surface area contributed by atoms with Crippen LogP contribution in [0.5, 0.6) is 0 Å². The molecule has 1 aliphatic carbocycles. The first-order chi connectivity index (χ1) is 7.97. The molecule has 1 heterocycles. The van der Waals surface area contributed by atoms with Gasteiger partial charge < -0.3 is 15.0 Å².